The maximum atomic E-state index is 11.7. The molecular weight excluding hydrogens is 706 g/mol. The molecule has 1 rings (SSSR count). The molecule has 1 N–H and O–H groups in total. The molecular formula is C39H69NO14. The molecule has 0 aromatic heterocycles. The van der Waals surface area contributed by atoms with Crippen LogP contribution in [0.5, 0.6) is 0 Å². The molecule has 1 amide bonds. The zero-order valence-corrected chi connectivity index (χ0v) is 32.8. The van der Waals surface area contributed by atoms with Gasteiger partial charge in [-0.1, -0.05) is 69.4 Å². The fraction of sp³-hybridized carbons (Fsp3) is 0.795. The number of rotatable bonds is 42. The molecule has 0 aliphatic rings. The number of benzene rings is 1. The number of alkyl carbamates (subject to hydrolysis) is 1. The van der Waals surface area contributed by atoms with Crippen molar-refractivity contribution in [3.8, 4) is 0 Å². The van der Waals surface area contributed by atoms with Gasteiger partial charge in [0.25, 0.3) is 0 Å². The number of amides is 1. The molecule has 0 aliphatic heterocycles. The second-order valence-corrected chi connectivity index (χ2v) is 11.9. The topological polar surface area (TPSA) is 157 Å². The van der Waals surface area contributed by atoms with E-state index >= 15 is 0 Å². The average molecular weight is 776 g/mol. The molecule has 54 heavy (non-hydrogen) atoms. The van der Waals surface area contributed by atoms with Gasteiger partial charge >= 0.3 is 12.1 Å². The number of ether oxygens (including phenoxy) is 12. The number of esters is 1. The van der Waals surface area contributed by atoms with E-state index in [0.29, 0.717) is 145 Å². The molecule has 1 aromatic rings. The van der Waals surface area contributed by atoms with Crippen LogP contribution >= 0.6 is 0 Å². The highest BCUT2D eigenvalue weighted by Gasteiger charge is 2.04. The van der Waals surface area contributed by atoms with Crippen LogP contribution in [0.2, 0.25) is 0 Å². The molecule has 314 valence electrons. The molecule has 0 aliphatic carbocycles. The summed E-state index contributed by atoms with van der Waals surface area (Å²) in [4.78, 5) is 23.3. The van der Waals surface area contributed by atoms with Gasteiger partial charge in [-0.05, 0) is 12.0 Å². The van der Waals surface area contributed by atoms with Crippen molar-refractivity contribution in [1.29, 1.82) is 0 Å². The van der Waals surface area contributed by atoms with Crippen molar-refractivity contribution in [3.63, 3.8) is 0 Å². The van der Waals surface area contributed by atoms with Gasteiger partial charge in [-0.15, -0.1) is 0 Å². The summed E-state index contributed by atoms with van der Waals surface area (Å²) in [6, 6.07) is 9.50. The Morgan fingerprint density at radius 2 is 0.815 bits per heavy atom. The lowest BCUT2D eigenvalue weighted by molar-refractivity contribution is -0.145. The summed E-state index contributed by atoms with van der Waals surface area (Å²) in [6.07, 6.45) is 6.92. The summed E-state index contributed by atoms with van der Waals surface area (Å²) >= 11 is 0. The molecule has 1 aromatic carbocycles. The van der Waals surface area contributed by atoms with Crippen molar-refractivity contribution in [3.05, 3.63) is 35.9 Å². The molecule has 0 atom stereocenters. The summed E-state index contributed by atoms with van der Waals surface area (Å²) in [6.45, 7) is 12.3. The van der Waals surface area contributed by atoms with Crippen LogP contribution in [0, 0.1) is 0 Å². The molecule has 0 fully saturated rings. The quantitative estimate of drug-likeness (QED) is 0.0738. The summed E-state index contributed by atoms with van der Waals surface area (Å²) in [7, 11) is 0. The number of unbranched alkanes of at least 4 members (excludes halogenated alkanes) is 5. The minimum Gasteiger partial charge on any atom is -0.463 e. The Balaban J connectivity index is 1.64. The lowest BCUT2D eigenvalue weighted by Crippen LogP contribution is -2.28. The zero-order valence-electron chi connectivity index (χ0n) is 32.8. The second kappa shape index (κ2) is 41.7. The maximum Gasteiger partial charge on any atom is 0.407 e. The van der Waals surface area contributed by atoms with E-state index in [1.54, 1.807) is 0 Å². The first-order valence-electron chi connectivity index (χ1n) is 19.6. The summed E-state index contributed by atoms with van der Waals surface area (Å²) < 4.78 is 65.0. The van der Waals surface area contributed by atoms with Crippen LogP contribution in [0.3, 0.4) is 0 Å². The van der Waals surface area contributed by atoms with Crippen molar-refractivity contribution < 1.29 is 66.4 Å². The zero-order chi connectivity index (χ0) is 38.7. The van der Waals surface area contributed by atoms with Crippen LogP contribution in [0.4, 0.5) is 4.79 Å². The van der Waals surface area contributed by atoms with Crippen molar-refractivity contribution >= 4 is 12.1 Å². The molecule has 0 heterocycles. The standard InChI is InChI=1S/C39H69NO14/c1-2-3-4-5-6-10-13-38(41)53-35-34-52-33-32-51-31-30-50-29-28-49-27-26-48-25-24-47-23-22-46-21-20-45-19-18-44-17-16-43-15-14-40-39(42)54-36-37-11-8-7-9-12-37/h7-9,11-12H,2-6,10,13-36H2,1H3,(H,40,42). The van der Waals surface area contributed by atoms with E-state index < -0.39 is 6.09 Å². The van der Waals surface area contributed by atoms with Gasteiger partial charge in [-0.25, -0.2) is 4.79 Å². The van der Waals surface area contributed by atoms with Gasteiger partial charge in [-0.2, -0.15) is 0 Å². The molecule has 0 radical (unpaired) electrons. The number of hydrogen-bond acceptors (Lipinski definition) is 14. The summed E-state index contributed by atoms with van der Waals surface area (Å²) in [5, 5.41) is 2.64. The third-order valence-corrected chi connectivity index (χ3v) is 7.30. The first kappa shape index (κ1) is 49.6. The molecule has 15 nitrogen and oxygen atoms in total. The van der Waals surface area contributed by atoms with Crippen LogP contribution in [0.1, 0.15) is 57.4 Å². The Kier molecular flexibility index (Phi) is 38.3. The van der Waals surface area contributed by atoms with E-state index in [4.69, 9.17) is 56.8 Å². The highest BCUT2D eigenvalue weighted by molar-refractivity contribution is 5.69. The Labute approximate surface area is 323 Å². The van der Waals surface area contributed by atoms with Crippen molar-refractivity contribution in [1.82, 2.24) is 5.32 Å². The maximum absolute atomic E-state index is 11.7. The van der Waals surface area contributed by atoms with Gasteiger partial charge in [0.1, 0.15) is 13.2 Å². The Hall–Kier alpha value is -2.44. The Bertz CT molecular complexity index is 930. The molecule has 15 heteroatoms. The molecule has 0 unspecified atom stereocenters. The molecule has 0 saturated heterocycles. The highest BCUT2D eigenvalue weighted by Crippen LogP contribution is 2.07. The monoisotopic (exact) mass is 775 g/mol. The van der Waals surface area contributed by atoms with E-state index in [0.717, 1.165) is 18.4 Å². The van der Waals surface area contributed by atoms with Crippen LogP contribution in [0.15, 0.2) is 30.3 Å². The largest absolute Gasteiger partial charge is 0.463 e. The van der Waals surface area contributed by atoms with Crippen molar-refractivity contribution in [2.75, 3.05) is 145 Å². The smallest absolute Gasteiger partial charge is 0.407 e. The lowest BCUT2D eigenvalue weighted by atomic mass is 10.1. The second-order valence-electron chi connectivity index (χ2n) is 11.9. The number of hydrogen-bond donors (Lipinski definition) is 1. The predicted molar refractivity (Wildman–Crippen MR) is 202 cm³/mol. The minimum absolute atomic E-state index is 0.148. The van der Waals surface area contributed by atoms with Crippen LogP contribution in [-0.4, -0.2) is 157 Å². The van der Waals surface area contributed by atoms with Crippen LogP contribution < -0.4 is 5.32 Å². The number of nitrogens with one attached hydrogen (secondary N) is 1. The van der Waals surface area contributed by atoms with E-state index in [-0.39, 0.29) is 19.2 Å². The summed E-state index contributed by atoms with van der Waals surface area (Å²) in [5.74, 6) is -0.148. The van der Waals surface area contributed by atoms with E-state index in [2.05, 4.69) is 12.2 Å². The predicted octanol–water partition coefficient (Wildman–Crippen LogP) is 4.37. The van der Waals surface area contributed by atoms with E-state index in [1.165, 1.54) is 25.7 Å². The van der Waals surface area contributed by atoms with Crippen LogP contribution in [-0.2, 0) is 68.2 Å². The lowest BCUT2D eigenvalue weighted by Gasteiger charge is -2.09. The first-order chi connectivity index (χ1) is 26.7. The fourth-order valence-electron chi connectivity index (χ4n) is 4.42. The van der Waals surface area contributed by atoms with Crippen molar-refractivity contribution in [2.45, 2.75) is 58.5 Å². The Morgan fingerprint density at radius 1 is 0.444 bits per heavy atom. The molecule has 0 bridgehead atoms. The number of carbonyl (C=O) groups is 2. The average Bonchev–Trinajstić information content (AvgIpc) is 3.19. The van der Waals surface area contributed by atoms with Crippen LogP contribution in [0.25, 0.3) is 0 Å². The van der Waals surface area contributed by atoms with E-state index in [1.807, 2.05) is 30.3 Å². The summed E-state index contributed by atoms with van der Waals surface area (Å²) in [5.41, 5.74) is 0.935. The SMILES string of the molecule is CCCCCCCCC(=O)OCCOCCOCCOCCOCCOCCOCCOCCOCCOCCOCCNC(=O)OCc1ccccc1. The fourth-order valence-corrected chi connectivity index (χ4v) is 4.42. The Morgan fingerprint density at radius 3 is 1.24 bits per heavy atom. The molecule has 0 spiro atoms. The van der Waals surface area contributed by atoms with E-state index in [9.17, 15) is 9.59 Å². The van der Waals surface area contributed by atoms with Gasteiger partial charge < -0.3 is 62.2 Å². The van der Waals surface area contributed by atoms with Gasteiger partial charge in [0.15, 0.2) is 0 Å². The van der Waals surface area contributed by atoms with Crippen molar-refractivity contribution in [2.24, 2.45) is 0 Å². The third kappa shape index (κ3) is 37.9. The third-order valence-electron chi connectivity index (χ3n) is 7.30. The highest BCUT2D eigenvalue weighted by atomic mass is 16.6. The van der Waals surface area contributed by atoms with Gasteiger partial charge in [0.2, 0.25) is 0 Å². The first-order valence-corrected chi connectivity index (χ1v) is 19.6. The normalized spacial score (nSPS) is 11.2. The minimum atomic E-state index is -0.472. The number of carbonyl (C=O) groups excluding carboxylic acids is 2. The van der Waals surface area contributed by atoms with Gasteiger partial charge in [0, 0.05) is 13.0 Å². The van der Waals surface area contributed by atoms with Gasteiger partial charge in [0.05, 0.1) is 132 Å². The molecule has 0 saturated carbocycles. The van der Waals surface area contributed by atoms with Gasteiger partial charge in [-0.3, -0.25) is 4.79 Å².